The van der Waals surface area contributed by atoms with Crippen LogP contribution in [0.2, 0.25) is 0 Å². The fourth-order valence-corrected chi connectivity index (χ4v) is 8.56. The van der Waals surface area contributed by atoms with E-state index in [9.17, 15) is 9.59 Å². The highest BCUT2D eigenvalue weighted by Gasteiger charge is 2.65. The second-order valence-electron chi connectivity index (χ2n) is 11.9. The van der Waals surface area contributed by atoms with Crippen LogP contribution >= 0.6 is 0 Å². The van der Waals surface area contributed by atoms with E-state index < -0.39 is 0 Å². The van der Waals surface area contributed by atoms with Crippen LogP contribution in [0.3, 0.4) is 0 Å². The molecular weight excluding hydrogens is 412 g/mol. The van der Waals surface area contributed by atoms with Crippen molar-refractivity contribution in [1.82, 2.24) is 0 Å². The molecule has 0 aliphatic heterocycles. The third-order valence-corrected chi connectivity index (χ3v) is 9.73. The number of hydrogen-bond acceptors (Lipinski definition) is 4. The lowest BCUT2D eigenvalue weighted by atomic mass is 9.64. The highest BCUT2D eigenvalue weighted by atomic mass is 16.5. The summed E-state index contributed by atoms with van der Waals surface area (Å²) in [4.78, 5) is 23.9. The van der Waals surface area contributed by atoms with E-state index in [1.165, 1.54) is 27.1 Å². The molecule has 4 saturated carbocycles. The van der Waals surface area contributed by atoms with Crippen molar-refractivity contribution in [3.63, 3.8) is 0 Å². The molecule has 2 bridgehead atoms. The van der Waals surface area contributed by atoms with Crippen LogP contribution < -0.4 is 0 Å². The maximum atomic E-state index is 12.2. The monoisotopic (exact) mass is 458 g/mol. The van der Waals surface area contributed by atoms with E-state index in [2.05, 4.69) is 45.9 Å². The second kappa shape index (κ2) is 9.96. The molecule has 10 atom stereocenters. The van der Waals surface area contributed by atoms with Gasteiger partial charge in [-0.3, -0.25) is 9.59 Å². The molecule has 0 aromatic carbocycles. The van der Waals surface area contributed by atoms with E-state index >= 15 is 0 Å². The Labute approximate surface area is 201 Å². The van der Waals surface area contributed by atoms with Gasteiger partial charge in [-0.2, -0.15) is 0 Å². The van der Waals surface area contributed by atoms with Crippen LogP contribution in [0.25, 0.3) is 0 Å². The molecule has 0 saturated heterocycles. The van der Waals surface area contributed by atoms with Crippen LogP contribution in [-0.4, -0.2) is 26.2 Å². The van der Waals surface area contributed by atoms with Crippen molar-refractivity contribution in [2.24, 2.45) is 58.2 Å². The Hall–Kier alpha value is -1.58. The fraction of sp³-hybridized carbons (Fsp3) is 0.793. The van der Waals surface area contributed by atoms with Crippen molar-refractivity contribution in [2.75, 3.05) is 14.2 Å². The van der Waals surface area contributed by atoms with E-state index in [1.54, 1.807) is 0 Å². The zero-order chi connectivity index (χ0) is 24.6. The predicted molar refractivity (Wildman–Crippen MR) is 132 cm³/mol. The van der Waals surface area contributed by atoms with Gasteiger partial charge in [0.05, 0.1) is 25.0 Å². The quantitative estimate of drug-likeness (QED) is 0.358. The van der Waals surface area contributed by atoms with Crippen LogP contribution in [0.4, 0.5) is 0 Å². The molecule has 4 fully saturated rings. The highest BCUT2D eigenvalue weighted by Crippen LogP contribution is 2.68. The van der Waals surface area contributed by atoms with Gasteiger partial charge in [-0.05, 0) is 107 Å². The molecule has 0 amide bonds. The first-order valence-corrected chi connectivity index (χ1v) is 13.0. The van der Waals surface area contributed by atoms with E-state index in [0.717, 1.165) is 37.0 Å². The van der Waals surface area contributed by atoms with Crippen LogP contribution in [0.5, 0.6) is 0 Å². The lowest BCUT2D eigenvalue weighted by Crippen LogP contribution is -2.42. The number of esters is 2. The normalized spacial score (nSPS) is 45.8. The Morgan fingerprint density at radius 1 is 0.818 bits per heavy atom. The SMILES string of the molecule is C/C=C/C1CC(C)C2C3CC(C12)C(C)(C(=O)OC)C3.C/C=C/C1CC(C)CC1(C)C(=O)OC. The van der Waals surface area contributed by atoms with E-state index in [1.807, 2.05) is 19.9 Å². The number of ether oxygens (including phenoxy) is 2. The van der Waals surface area contributed by atoms with Gasteiger partial charge < -0.3 is 9.47 Å². The summed E-state index contributed by atoms with van der Waals surface area (Å²) in [6.45, 7) is 12.9. The lowest BCUT2D eigenvalue weighted by Gasteiger charge is -2.40. The molecule has 4 aliphatic carbocycles. The second-order valence-corrected chi connectivity index (χ2v) is 11.9. The van der Waals surface area contributed by atoms with Gasteiger partial charge in [0.1, 0.15) is 0 Å². The van der Waals surface area contributed by atoms with E-state index in [0.29, 0.717) is 29.6 Å². The largest absolute Gasteiger partial charge is 0.469 e. The molecule has 0 heterocycles. The number of methoxy groups -OCH3 is 2. The molecule has 33 heavy (non-hydrogen) atoms. The van der Waals surface area contributed by atoms with Crippen molar-refractivity contribution in [3.05, 3.63) is 24.3 Å². The van der Waals surface area contributed by atoms with Gasteiger partial charge in [-0.15, -0.1) is 0 Å². The Kier molecular flexibility index (Phi) is 7.86. The lowest BCUT2D eigenvalue weighted by molar-refractivity contribution is -0.157. The molecule has 4 nitrogen and oxygen atoms in total. The van der Waals surface area contributed by atoms with Gasteiger partial charge in [0, 0.05) is 0 Å². The summed E-state index contributed by atoms with van der Waals surface area (Å²) in [5.41, 5.74) is -0.523. The highest BCUT2D eigenvalue weighted by molar-refractivity contribution is 5.78. The number of carbonyl (C=O) groups is 2. The minimum atomic E-state index is -0.305. The molecule has 186 valence electrons. The summed E-state index contributed by atoms with van der Waals surface area (Å²) < 4.78 is 9.99. The molecule has 0 aromatic rings. The molecular formula is C29H46O4. The number of fused-ring (bicyclic) bond motifs is 5. The molecule has 0 aromatic heterocycles. The summed E-state index contributed by atoms with van der Waals surface area (Å²) in [6, 6.07) is 0. The Morgan fingerprint density at radius 2 is 1.42 bits per heavy atom. The van der Waals surface area contributed by atoms with Crippen LogP contribution in [0.15, 0.2) is 24.3 Å². The first-order chi connectivity index (χ1) is 15.6. The summed E-state index contributed by atoms with van der Waals surface area (Å²) in [5, 5.41) is 0. The van der Waals surface area contributed by atoms with Crippen molar-refractivity contribution in [1.29, 1.82) is 0 Å². The summed E-state index contributed by atoms with van der Waals surface area (Å²) >= 11 is 0. The topological polar surface area (TPSA) is 52.6 Å². The van der Waals surface area contributed by atoms with Crippen molar-refractivity contribution in [3.8, 4) is 0 Å². The van der Waals surface area contributed by atoms with Gasteiger partial charge in [0.2, 0.25) is 0 Å². The van der Waals surface area contributed by atoms with Crippen molar-refractivity contribution in [2.45, 2.75) is 73.6 Å². The maximum absolute atomic E-state index is 12.2. The minimum Gasteiger partial charge on any atom is -0.469 e. The number of carbonyl (C=O) groups excluding carboxylic acids is 2. The van der Waals surface area contributed by atoms with Crippen molar-refractivity contribution >= 4 is 11.9 Å². The minimum absolute atomic E-state index is 0.0252. The molecule has 10 unspecified atom stereocenters. The van der Waals surface area contributed by atoms with Crippen LogP contribution in [0.1, 0.15) is 73.6 Å². The molecule has 4 heteroatoms. The average molecular weight is 459 g/mol. The summed E-state index contributed by atoms with van der Waals surface area (Å²) in [5.74, 6) is 5.29. The Morgan fingerprint density at radius 3 is 2.00 bits per heavy atom. The summed E-state index contributed by atoms with van der Waals surface area (Å²) in [7, 11) is 3.01. The van der Waals surface area contributed by atoms with Crippen LogP contribution in [-0.2, 0) is 19.1 Å². The first kappa shape index (κ1) is 26.0. The number of allylic oxidation sites excluding steroid dienone is 4. The van der Waals surface area contributed by atoms with Gasteiger partial charge in [0.15, 0.2) is 0 Å². The number of rotatable bonds is 4. The average Bonchev–Trinajstić information content (AvgIpc) is 3.49. The Balaban J connectivity index is 0.000000196. The molecule has 0 radical (unpaired) electrons. The standard InChI is InChI=1S/C17H26O2.C12H20O2/c1-5-6-11-7-10(2)14-12-8-13(15(11)14)17(3,9-12)16(18)19-4;1-5-6-10-7-9(2)8-12(10,3)11(13)14-4/h5-6,10-15H,7-9H2,1-4H3;5-6,9-10H,7-8H2,1-4H3/b2*6-5+. The molecule has 4 rings (SSSR count). The van der Waals surface area contributed by atoms with Crippen LogP contribution in [0, 0.1) is 58.2 Å². The van der Waals surface area contributed by atoms with E-state index in [4.69, 9.17) is 9.47 Å². The predicted octanol–water partition coefficient (Wildman–Crippen LogP) is 6.46. The zero-order valence-corrected chi connectivity index (χ0v) is 22.1. The smallest absolute Gasteiger partial charge is 0.312 e. The first-order valence-electron chi connectivity index (χ1n) is 13.0. The third-order valence-electron chi connectivity index (χ3n) is 9.73. The third kappa shape index (κ3) is 4.44. The summed E-state index contributed by atoms with van der Waals surface area (Å²) in [6.07, 6.45) is 14.4. The molecule has 0 spiro atoms. The number of hydrogen-bond donors (Lipinski definition) is 0. The van der Waals surface area contributed by atoms with Gasteiger partial charge in [-0.1, -0.05) is 38.2 Å². The van der Waals surface area contributed by atoms with Crippen molar-refractivity contribution < 1.29 is 19.1 Å². The maximum Gasteiger partial charge on any atom is 0.312 e. The molecule has 4 aliphatic rings. The fourth-order valence-electron chi connectivity index (χ4n) is 8.56. The zero-order valence-electron chi connectivity index (χ0n) is 22.1. The van der Waals surface area contributed by atoms with E-state index in [-0.39, 0.29) is 22.8 Å². The van der Waals surface area contributed by atoms with Gasteiger partial charge in [-0.25, -0.2) is 0 Å². The molecule has 0 N–H and O–H groups in total. The Bertz CT molecular complexity index is 784. The van der Waals surface area contributed by atoms with Gasteiger partial charge in [0.25, 0.3) is 0 Å². The van der Waals surface area contributed by atoms with Gasteiger partial charge >= 0.3 is 11.9 Å².